The number of nitrogen functional groups attached to an aromatic ring is 2. The molecule has 0 radical (unpaired) electrons. The molecule has 3 aromatic rings. The summed E-state index contributed by atoms with van der Waals surface area (Å²) in [6, 6.07) is 8.53. The molecule has 150 valence electrons. The third-order valence-corrected chi connectivity index (χ3v) is 4.18. The Morgan fingerprint density at radius 2 is 2.00 bits per heavy atom. The Labute approximate surface area is 172 Å². The van der Waals surface area contributed by atoms with Crippen molar-refractivity contribution in [2.75, 3.05) is 11.5 Å². The van der Waals surface area contributed by atoms with E-state index in [0.29, 0.717) is 0 Å². The molecular weight excluding hydrogens is 419 g/mol. The predicted octanol–water partition coefficient (Wildman–Crippen LogP) is 3.10. The van der Waals surface area contributed by atoms with Crippen molar-refractivity contribution < 1.29 is 18.8 Å². The number of hydrogen-bond donors (Lipinski definition) is 2. The quantitative estimate of drug-likeness (QED) is 0.274. The van der Waals surface area contributed by atoms with Crippen molar-refractivity contribution in [3.63, 3.8) is 0 Å². The average molecular weight is 429 g/mol. The first-order valence-electron chi connectivity index (χ1n) is 8.01. The van der Waals surface area contributed by atoms with Crippen LogP contribution in [0, 0.1) is 27.3 Å². The smallest absolute Gasteiger partial charge is 0.348 e. The van der Waals surface area contributed by atoms with Gasteiger partial charge in [-0.15, -0.1) is 0 Å². The van der Waals surface area contributed by atoms with E-state index < -0.39 is 28.0 Å². The maximum atomic E-state index is 14.1. The molecule has 0 aliphatic rings. The lowest BCUT2D eigenvalue weighted by Gasteiger charge is -2.12. The normalized spacial score (nSPS) is 10.3. The molecule has 30 heavy (non-hydrogen) atoms. The van der Waals surface area contributed by atoms with Crippen LogP contribution >= 0.6 is 11.6 Å². The van der Waals surface area contributed by atoms with Crippen LogP contribution in [0.25, 0.3) is 11.3 Å². The third-order valence-electron chi connectivity index (χ3n) is 3.86. The first-order chi connectivity index (χ1) is 14.2. The lowest BCUT2D eigenvalue weighted by Crippen LogP contribution is -2.13. The fourth-order valence-electron chi connectivity index (χ4n) is 2.55. The second-order valence-electron chi connectivity index (χ2n) is 5.73. The molecule has 0 bridgehead atoms. The van der Waals surface area contributed by atoms with Gasteiger partial charge in [-0.25, -0.2) is 14.2 Å². The van der Waals surface area contributed by atoms with Crippen LogP contribution in [-0.4, -0.2) is 20.9 Å². The lowest BCUT2D eigenvalue weighted by molar-refractivity contribution is -0.384. The topological polar surface area (TPSA) is 171 Å². The number of carbonyl (C=O) groups is 1. The number of benzene rings is 2. The van der Waals surface area contributed by atoms with Crippen molar-refractivity contribution in [3.8, 4) is 23.1 Å². The van der Waals surface area contributed by atoms with Crippen molar-refractivity contribution in [1.82, 2.24) is 9.97 Å². The van der Waals surface area contributed by atoms with E-state index in [1.165, 1.54) is 12.1 Å². The summed E-state index contributed by atoms with van der Waals surface area (Å²) in [5.41, 5.74) is 9.74. The van der Waals surface area contributed by atoms with Crippen molar-refractivity contribution in [3.05, 3.63) is 68.5 Å². The molecule has 12 heteroatoms. The number of nitrogens with zero attached hydrogens (tertiary/aromatic N) is 4. The minimum atomic E-state index is -1.17. The van der Waals surface area contributed by atoms with Crippen LogP contribution in [0.3, 0.4) is 0 Å². The summed E-state index contributed by atoms with van der Waals surface area (Å²) < 4.78 is 19.3. The number of anilines is 2. The number of aromatic nitrogens is 2. The molecule has 3 rings (SSSR count). The number of nitro groups is 1. The van der Waals surface area contributed by atoms with Gasteiger partial charge in [-0.05, 0) is 18.2 Å². The van der Waals surface area contributed by atoms with Crippen LogP contribution in [0.4, 0.5) is 21.8 Å². The number of ether oxygens (including phenoxy) is 1. The number of non-ortho nitro benzene ring substituents is 1. The molecule has 10 nitrogen and oxygen atoms in total. The molecule has 0 aliphatic heterocycles. The average Bonchev–Trinajstić information content (AvgIpc) is 2.67. The molecule has 4 N–H and O–H groups in total. The number of esters is 1. The minimum absolute atomic E-state index is 0.151. The Kier molecular flexibility index (Phi) is 5.43. The van der Waals surface area contributed by atoms with Crippen molar-refractivity contribution in [2.45, 2.75) is 0 Å². The van der Waals surface area contributed by atoms with Gasteiger partial charge in [0.25, 0.3) is 5.69 Å². The fourth-order valence-corrected chi connectivity index (χ4v) is 2.79. The molecule has 0 atom stereocenters. The molecule has 0 unspecified atom stereocenters. The van der Waals surface area contributed by atoms with Gasteiger partial charge in [-0.3, -0.25) is 10.1 Å². The van der Waals surface area contributed by atoms with Crippen LogP contribution in [-0.2, 0) is 0 Å². The van der Waals surface area contributed by atoms with E-state index in [1.807, 2.05) is 0 Å². The maximum Gasteiger partial charge on any atom is 0.348 e. The van der Waals surface area contributed by atoms with E-state index in [9.17, 15) is 24.6 Å². The number of rotatable bonds is 4. The van der Waals surface area contributed by atoms with Crippen LogP contribution in [0.15, 0.2) is 36.4 Å². The SMILES string of the molecule is N#Cc1c(N)nc(N)nc1-c1cc([N+](=O)[O-])ccc1OC(=O)c1c(F)cccc1Cl. The molecule has 0 fully saturated rings. The Hall–Kier alpha value is -4.30. The summed E-state index contributed by atoms with van der Waals surface area (Å²) in [5, 5.41) is 20.4. The van der Waals surface area contributed by atoms with Crippen molar-refractivity contribution >= 4 is 35.0 Å². The summed E-state index contributed by atoms with van der Waals surface area (Å²) in [6.07, 6.45) is 0. The third kappa shape index (κ3) is 3.80. The molecule has 1 aromatic heterocycles. The van der Waals surface area contributed by atoms with Crippen LogP contribution < -0.4 is 16.2 Å². The summed E-state index contributed by atoms with van der Waals surface area (Å²) in [6.45, 7) is 0. The number of carbonyl (C=O) groups excluding carboxylic acids is 1. The van der Waals surface area contributed by atoms with Gasteiger partial charge in [0.15, 0.2) is 0 Å². The van der Waals surface area contributed by atoms with Gasteiger partial charge in [-0.2, -0.15) is 10.2 Å². The molecule has 0 saturated heterocycles. The monoisotopic (exact) mass is 428 g/mol. The molecule has 2 aromatic carbocycles. The van der Waals surface area contributed by atoms with Gasteiger partial charge >= 0.3 is 5.97 Å². The Morgan fingerprint density at radius 3 is 2.63 bits per heavy atom. The standard InChI is InChI=1S/C18H10ClFN6O4/c19-11-2-1-3-12(20)14(11)17(27)30-13-5-4-8(26(28)29)6-9(13)15-10(7-21)16(22)25-18(23)24-15/h1-6H,(H4,22,23,24,25). The Balaban J connectivity index is 2.20. The Morgan fingerprint density at radius 1 is 1.27 bits per heavy atom. The number of halogens is 2. The summed E-state index contributed by atoms with van der Waals surface area (Å²) >= 11 is 5.88. The van der Waals surface area contributed by atoms with E-state index >= 15 is 0 Å². The Bertz CT molecular complexity index is 1220. The van der Waals surface area contributed by atoms with Gasteiger partial charge in [0.2, 0.25) is 5.95 Å². The number of nitriles is 1. The first-order valence-corrected chi connectivity index (χ1v) is 8.38. The van der Waals surface area contributed by atoms with E-state index in [1.54, 1.807) is 6.07 Å². The van der Waals surface area contributed by atoms with Crippen LogP contribution in [0.1, 0.15) is 15.9 Å². The molecule has 1 heterocycles. The summed E-state index contributed by atoms with van der Waals surface area (Å²) in [5.74, 6) is -2.95. The highest BCUT2D eigenvalue weighted by atomic mass is 35.5. The zero-order valence-electron chi connectivity index (χ0n) is 14.8. The van der Waals surface area contributed by atoms with Gasteiger partial charge in [-0.1, -0.05) is 17.7 Å². The maximum absolute atomic E-state index is 14.1. The van der Waals surface area contributed by atoms with Gasteiger partial charge in [0.05, 0.1) is 21.2 Å². The molecule has 0 spiro atoms. The van der Waals surface area contributed by atoms with E-state index in [4.69, 9.17) is 27.8 Å². The second kappa shape index (κ2) is 7.98. The number of nitrogens with two attached hydrogens (primary N) is 2. The highest BCUT2D eigenvalue weighted by Crippen LogP contribution is 2.36. The van der Waals surface area contributed by atoms with Crippen LogP contribution in [0.5, 0.6) is 5.75 Å². The molecular formula is C18H10ClFN6O4. The minimum Gasteiger partial charge on any atom is -0.422 e. The van der Waals surface area contributed by atoms with E-state index in [2.05, 4.69) is 9.97 Å². The highest BCUT2D eigenvalue weighted by Gasteiger charge is 2.24. The largest absolute Gasteiger partial charge is 0.422 e. The van der Waals surface area contributed by atoms with E-state index in [0.717, 1.165) is 24.3 Å². The number of nitro benzene ring substituents is 1. The number of hydrogen-bond acceptors (Lipinski definition) is 9. The first kappa shape index (κ1) is 20.4. The van der Waals surface area contributed by atoms with Gasteiger partial charge in [0.1, 0.15) is 34.6 Å². The summed E-state index contributed by atoms with van der Waals surface area (Å²) in [4.78, 5) is 30.6. The molecule has 0 aliphatic carbocycles. The van der Waals surface area contributed by atoms with E-state index in [-0.39, 0.29) is 39.4 Å². The molecule has 0 amide bonds. The highest BCUT2D eigenvalue weighted by molar-refractivity contribution is 6.33. The molecule has 0 saturated carbocycles. The fraction of sp³-hybridized carbons (Fsp3) is 0. The van der Waals surface area contributed by atoms with Gasteiger partial charge < -0.3 is 16.2 Å². The zero-order valence-corrected chi connectivity index (χ0v) is 15.6. The van der Waals surface area contributed by atoms with Crippen molar-refractivity contribution in [2.24, 2.45) is 0 Å². The van der Waals surface area contributed by atoms with Crippen LogP contribution in [0.2, 0.25) is 5.02 Å². The zero-order chi connectivity index (χ0) is 22.0. The van der Waals surface area contributed by atoms with Gasteiger partial charge in [0, 0.05) is 12.1 Å². The summed E-state index contributed by atoms with van der Waals surface area (Å²) in [7, 11) is 0. The van der Waals surface area contributed by atoms with Crippen molar-refractivity contribution in [1.29, 1.82) is 5.26 Å². The lowest BCUT2D eigenvalue weighted by atomic mass is 10.0. The predicted molar refractivity (Wildman–Crippen MR) is 104 cm³/mol. The second-order valence-corrected chi connectivity index (χ2v) is 6.13.